The Morgan fingerprint density at radius 2 is 1.52 bits per heavy atom. The summed E-state index contributed by atoms with van der Waals surface area (Å²) in [5.41, 5.74) is 6.36. The molecule has 4 rings (SSSR count). The molecule has 0 aliphatic heterocycles. The molecular formula is C19H30N4OS. The van der Waals surface area contributed by atoms with Crippen LogP contribution in [0.3, 0.4) is 0 Å². The van der Waals surface area contributed by atoms with Gasteiger partial charge in [-0.05, 0) is 59.9 Å². The first kappa shape index (κ1) is 17.2. The summed E-state index contributed by atoms with van der Waals surface area (Å²) in [4.78, 5) is 22.5. The molecule has 0 unspecified atom stereocenters. The lowest BCUT2D eigenvalue weighted by Crippen LogP contribution is -1.99. The number of nitrogens with one attached hydrogen (secondary N) is 4. The van der Waals surface area contributed by atoms with E-state index >= 15 is 0 Å². The Balaban J connectivity index is 0. The Morgan fingerprint density at radius 3 is 2.24 bits per heavy atom. The number of benzene rings is 2. The highest BCUT2D eigenvalue weighted by Crippen LogP contribution is 2.18. The van der Waals surface area contributed by atoms with Gasteiger partial charge in [-0.15, -0.1) is 0 Å². The molecule has 4 N–H and O–H groups in total. The summed E-state index contributed by atoms with van der Waals surface area (Å²) in [6.07, 6.45) is 0.989. The van der Waals surface area contributed by atoms with Crippen molar-refractivity contribution in [2.45, 2.75) is 33.1 Å². The van der Waals surface area contributed by atoms with Crippen LogP contribution < -0.4 is 5.69 Å². The summed E-state index contributed by atoms with van der Waals surface area (Å²) in [5.74, 6) is 0.557. The van der Waals surface area contributed by atoms with Gasteiger partial charge in [-0.1, -0.05) is 32.9 Å². The van der Waals surface area contributed by atoms with Crippen molar-refractivity contribution in [1.82, 2.24) is 19.9 Å². The van der Waals surface area contributed by atoms with Crippen molar-refractivity contribution < 1.29 is 5.71 Å². The molecule has 5 nitrogen and oxygen atoms in total. The van der Waals surface area contributed by atoms with Crippen molar-refractivity contribution in [3.05, 3.63) is 62.8 Å². The highest BCUT2D eigenvalue weighted by Gasteiger charge is 2.01. The van der Waals surface area contributed by atoms with Crippen LogP contribution in [-0.2, 0) is 6.42 Å². The molecule has 6 heteroatoms. The maximum absolute atomic E-state index is 10.9. The maximum Gasteiger partial charge on any atom is 0.323 e. The fraction of sp³-hybridized carbons (Fsp3) is 0.263. The minimum absolute atomic E-state index is 0. The summed E-state index contributed by atoms with van der Waals surface area (Å²) >= 11 is 5.01. The quantitative estimate of drug-likeness (QED) is 0.342. The Bertz CT molecular complexity index is 1130. The molecule has 25 heavy (non-hydrogen) atoms. The molecule has 0 bridgehead atoms. The van der Waals surface area contributed by atoms with Gasteiger partial charge in [-0.3, -0.25) is 0 Å². The molecule has 138 valence electrons. The normalized spacial score (nSPS) is 11.0. The summed E-state index contributed by atoms with van der Waals surface area (Å²) < 4.78 is 0.691. The van der Waals surface area contributed by atoms with Crippen LogP contribution in [0.4, 0.5) is 0 Å². The van der Waals surface area contributed by atoms with E-state index in [4.69, 9.17) is 12.2 Å². The molecule has 0 aliphatic rings. The number of aryl methyl sites for hydroxylation is 1. The molecule has 0 spiro atoms. The molecule has 0 aliphatic carbocycles. The zero-order chi connectivity index (χ0) is 18.0. The lowest BCUT2D eigenvalue weighted by molar-refractivity contribution is 0.868. The van der Waals surface area contributed by atoms with E-state index in [1.807, 2.05) is 18.2 Å². The Hall–Kier alpha value is -2.60. The Labute approximate surface area is 156 Å². The van der Waals surface area contributed by atoms with E-state index in [0.717, 1.165) is 28.5 Å². The Morgan fingerprint density at radius 1 is 0.920 bits per heavy atom. The maximum atomic E-state index is 10.9. The van der Waals surface area contributed by atoms with E-state index in [0.29, 0.717) is 10.7 Å². The fourth-order valence-corrected chi connectivity index (χ4v) is 2.93. The van der Waals surface area contributed by atoms with Gasteiger partial charge < -0.3 is 19.9 Å². The van der Waals surface area contributed by atoms with E-state index < -0.39 is 0 Å². The highest BCUT2D eigenvalue weighted by atomic mass is 32.1. The van der Waals surface area contributed by atoms with Crippen LogP contribution in [-0.4, -0.2) is 19.9 Å². The van der Waals surface area contributed by atoms with Crippen LogP contribution in [0.5, 0.6) is 0 Å². The standard InChI is InChI=1S/C10H12N2S.C9H10N2O.4H2/c1-6(2)7-3-4-8-9(5-7)12-10(13)11-8;1-2-6-3-4-7-8(5-6)11-9(12)10-7;;;;/h3-6H,1-2H3,(H2,11,12,13);3-5H,2H2,1H3,(H2,10,11,12);4*1H. The first-order valence-electron chi connectivity index (χ1n) is 8.39. The predicted octanol–water partition coefficient (Wildman–Crippen LogP) is 5.75. The summed E-state index contributed by atoms with van der Waals surface area (Å²) in [6, 6.07) is 12.3. The Kier molecular flexibility index (Phi) is 4.90. The molecule has 0 atom stereocenters. The van der Waals surface area contributed by atoms with Crippen molar-refractivity contribution in [2.75, 3.05) is 0 Å². The number of fused-ring (bicyclic) bond motifs is 2. The number of imidazole rings is 2. The molecule has 2 aromatic carbocycles. The third kappa shape index (κ3) is 3.91. The molecule has 0 saturated carbocycles. The SMILES string of the molecule is CC(C)c1ccc2[nH]c(=S)[nH]c2c1.CCc1ccc2[nH]c(=O)[nH]c2c1.[HH].[HH].[HH].[HH]. The average molecular weight is 363 g/mol. The van der Waals surface area contributed by atoms with Gasteiger partial charge in [0.15, 0.2) is 4.77 Å². The van der Waals surface area contributed by atoms with Crippen LogP contribution in [0, 0.1) is 4.77 Å². The van der Waals surface area contributed by atoms with Crippen LogP contribution in [0.15, 0.2) is 41.2 Å². The van der Waals surface area contributed by atoms with E-state index in [1.54, 1.807) is 0 Å². The zero-order valence-corrected chi connectivity index (χ0v) is 15.4. The molecular weight excluding hydrogens is 332 g/mol. The van der Waals surface area contributed by atoms with Gasteiger partial charge in [-0.2, -0.15) is 0 Å². The van der Waals surface area contributed by atoms with Crippen molar-refractivity contribution >= 4 is 34.3 Å². The van der Waals surface area contributed by atoms with Crippen LogP contribution in [0.2, 0.25) is 0 Å². The first-order chi connectivity index (χ1) is 12.0. The number of aromatic nitrogens is 4. The molecule has 4 aromatic rings. The minimum atomic E-state index is -0.141. The van der Waals surface area contributed by atoms with E-state index in [-0.39, 0.29) is 11.4 Å². The van der Waals surface area contributed by atoms with Gasteiger partial charge in [0.1, 0.15) is 0 Å². The average Bonchev–Trinajstić information content (AvgIpc) is 3.13. The van der Waals surface area contributed by atoms with Crippen LogP contribution in [0.25, 0.3) is 22.1 Å². The fourth-order valence-electron chi connectivity index (χ4n) is 2.71. The molecule has 2 heterocycles. The molecule has 0 fully saturated rings. The monoisotopic (exact) mass is 362 g/mol. The van der Waals surface area contributed by atoms with Crippen molar-refractivity contribution in [3.8, 4) is 0 Å². The van der Waals surface area contributed by atoms with Gasteiger partial charge in [0, 0.05) is 5.71 Å². The topological polar surface area (TPSA) is 80.2 Å². The lowest BCUT2D eigenvalue weighted by atomic mass is 10.0. The highest BCUT2D eigenvalue weighted by molar-refractivity contribution is 7.71. The van der Waals surface area contributed by atoms with Crippen LogP contribution in [0.1, 0.15) is 43.5 Å². The molecule has 0 saturated heterocycles. The van der Waals surface area contributed by atoms with Crippen molar-refractivity contribution in [2.24, 2.45) is 0 Å². The number of aromatic amines is 4. The second kappa shape index (κ2) is 7.11. The summed E-state index contributed by atoms with van der Waals surface area (Å²) in [7, 11) is 0. The summed E-state index contributed by atoms with van der Waals surface area (Å²) in [6.45, 7) is 6.46. The van der Waals surface area contributed by atoms with Crippen molar-refractivity contribution in [1.29, 1.82) is 0 Å². The first-order valence-corrected chi connectivity index (χ1v) is 8.80. The second-order valence-electron chi connectivity index (χ2n) is 6.35. The summed E-state index contributed by atoms with van der Waals surface area (Å²) in [5, 5.41) is 0. The van der Waals surface area contributed by atoms with Crippen LogP contribution >= 0.6 is 12.2 Å². The lowest BCUT2D eigenvalue weighted by Gasteiger charge is -2.03. The largest absolute Gasteiger partial charge is 0.331 e. The number of hydrogen-bond donors (Lipinski definition) is 4. The van der Waals surface area contributed by atoms with Gasteiger partial charge >= 0.3 is 5.69 Å². The second-order valence-corrected chi connectivity index (χ2v) is 6.76. The van der Waals surface area contributed by atoms with E-state index in [1.165, 1.54) is 11.1 Å². The van der Waals surface area contributed by atoms with Crippen molar-refractivity contribution in [3.63, 3.8) is 0 Å². The number of H-pyrrole nitrogens is 4. The molecule has 0 amide bonds. The van der Waals surface area contributed by atoms with Gasteiger partial charge in [-0.25, -0.2) is 4.79 Å². The van der Waals surface area contributed by atoms with E-state index in [9.17, 15) is 4.79 Å². The molecule has 2 aromatic heterocycles. The zero-order valence-electron chi connectivity index (χ0n) is 14.6. The minimum Gasteiger partial charge on any atom is -0.331 e. The number of hydrogen-bond acceptors (Lipinski definition) is 2. The third-order valence-electron chi connectivity index (χ3n) is 4.20. The molecule has 0 radical (unpaired) electrons. The third-order valence-corrected chi connectivity index (χ3v) is 4.40. The van der Waals surface area contributed by atoms with Gasteiger partial charge in [0.2, 0.25) is 0 Å². The van der Waals surface area contributed by atoms with Gasteiger partial charge in [0.05, 0.1) is 22.1 Å². The van der Waals surface area contributed by atoms with E-state index in [2.05, 4.69) is 58.9 Å². The van der Waals surface area contributed by atoms with Gasteiger partial charge in [0.25, 0.3) is 0 Å². The predicted molar refractivity (Wildman–Crippen MR) is 114 cm³/mol. The number of rotatable bonds is 2. The smallest absolute Gasteiger partial charge is 0.323 e.